The van der Waals surface area contributed by atoms with Crippen molar-refractivity contribution in [1.82, 2.24) is 4.98 Å². The van der Waals surface area contributed by atoms with Crippen LogP contribution in [-0.2, 0) is 5.88 Å². The van der Waals surface area contributed by atoms with E-state index < -0.39 is 0 Å². The summed E-state index contributed by atoms with van der Waals surface area (Å²) in [5.41, 5.74) is 1.84. The van der Waals surface area contributed by atoms with Gasteiger partial charge in [-0.15, -0.1) is 11.6 Å². The largest absolute Gasteiger partial charge is 0.491 e. The van der Waals surface area contributed by atoms with Crippen LogP contribution in [0.15, 0.2) is 12.1 Å². The Labute approximate surface area is 89.3 Å². The number of aryl methyl sites for hydroxylation is 1. The molecule has 2 rings (SSSR count). The summed E-state index contributed by atoms with van der Waals surface area (Å²) < 4.78 is 5.66. The first-order valence-electron chi connectivity index (χ1n) is 4.95. The fourth-order valence-electron chi connectivity index (χ4n) is 1.32. The van der Waals surface area contributed by atoms with Crippen molar-refractivity contribution in [1.29, 1.82) is 0 Å². The lowest BCUT2D eigenvalue weighted by molar-refractivity contribution is 0.296. The molecule has 3 heteroatoms. The number of hydrogen-bond acceptors (Lipinski definition) is 2. The number of nitrogens with zero attached hydrogens (tertiary/aromatic N) is 1. The van der Waals surface area contributed by atoms with Gasteiger partial charge in [0.15, 0.2) is 0 Å². The Balaban J connectivity index is 2.05. The molecule has 0 saturated heterocycles. The maximum atomic E-state index is 5.79. The Hall–Kier alpha value is -0.760. The molecule has 1 aromatic heterocycles. The fraction of sp³-hybridized carbons (Fsp3) is 0.545. The molecule has 2 nitrogen and oxygen atoms in total. The summed E-state index contributed by atoms with van der Waals surface area (Å²) in [6.45, 7) is 2.77. The standard InChI is InChI=1S/C11H14ClNO/c1-8-2-5-11(10(6-12)13-8)14-7-9-3-4-9/h2,5,9H,3-4,6-7H2,1H3. The molecule has 76 valence electrons. The van der Waals surface area contributed by atoms with Crippen LogP contribution in [0.5, 0.6) is 5.75 Å². The molecule has 0 unspecified atom stereocenters. The highest BCUT2D eigenvalue weighted by Crippen LogP contribution is 2.30. The van der Waals surface area contributed by atoms with E-state index in [4.69, 9.17) is 16.3 Å². The van der Waals surface area contributed by atoms with E-state index in [0.717, 1.165) is 29.7 Å². The lowest BCUT2D eigenvalue weighted by Crippen LogP contribution is -2.02. The minimum absolute atomic E-state index is 0.418. The molecule has 1 fully saturated rings. The van der Waals surface area contributed by atoms with Crippen molar-refractivity contribution in [2.45, 2.75) is 25.6 Å². The third-order valence-electron chi connectivity index (χ3n) is 2.37. The predicted octanol–water partition coefficient (Wildman–Crippen LogP) is 2.92. The zero-order valence-electron chi connectivity index (χ0n) is 8.29. The number of halogens is 1. The van der Waals surface area contributed by atoms with Crippen LogP contribution >= 0.6 is 11.6 Å². The van der Waals surface area contributed by atoms with Gasteiger partial charge >= 0.3 is 0 Å². The molecular formula is C11H14ClNO. The smallest absolute Gasteiger partial charge is 0.142 e. The van der Waals surface area contributed by atoms with E-state index in [1.165, 1.54) is 12.8 Å². The number of hydrogen-bond donors (Lipinski definition) is 0. The van der Waals surface area contributed by atoms with Gasteiger partial charge < -0.3 is 4.74 Å². The van der Waals surface area contributed by atoms with Gasteiger partial charge in [-0.1, -0.05) is 0 Å². The molecule has 14 heavy (non-hydrogen) atoms. The van der Waals surface area contributed by atoms with Gasteiger partial charge in [0.1, 0.15) is 5.75 Å². The van der Waals surface area contributed by atoms with Crippen LogP contribution in [0.25, 0.3) is 0 Å². The summed E-state index contributed by atoms with van der Waals surface area (Å²) in [6.07, 6.45) is 2.60. The molecular weight excluding hydrogens is 198 g/mol. The van der Waals surface area contributed by atoms with Gasteiger partial charge in [-0.05, 0) is 37.8 Å². The van der Waals surface area contributed by atoms with E-state index in [1.54, 1.807) is 0 Å². The minimum Gasteiger partial charge on any atom is -0.491 e. The van der Waals surface area contributed by atoms with Crippen molar-refractivity contribution in [3.63, 3.8) is 0 Å². The first-order chi connectivity index (χ1) is 6.79. The van der Waals surface area contributed by atoms with Crippen molar-refractivity contribution in [3.05, 3.63) is 23.5 Å². The Kier molecular flexibility index (Phi) is 2.92. The van der Waals surface area contributed by atoms with Crippen LogP contribution < -0.4 is 4.74 Å². The molecule has 1 saturated carbocycles. The Bertz CT molecular complexity index is 323. The highest BCUT2D eigenvalue weighted by Gasteiger charge is 2.22. The van der Waals surface area contributed by atoms with E-state index in [1.807, 2.05) is 19.1 Å². The number of pyridine rings is 1. The molecule has 0 amide bonds. The quantitative estimate of drug-likeness (QED) is 0.715. The summed E-state index contributed by atoms with van der Waals surface area (Å²) in [6, 6.07) is 3.92. The highest BCUT2D eigenvalue weighted by atomic mass is 35.5. The summed E-state index contributed by atoms with van der Waals surface area (Å²) in [5, 5.41) is 0. The summed E-state index contributed by atoms with van der Waals surface area (Å²) in [5.74, 6) is 2.03. The van der Waals surface area contributed by atoms with Crippen LogP contribution in [0.2, 0.25) is 0 Å². The summed E-state index contributed by atoms with van der Waals surface area (Å²) in [7, 11) is 0. The van der Waals surface area contributed by atoms with Crippen molar-refractivity contribution in [3.8, 4) is 5.75 Å². The van der Waals surface area contributed by atoms with Gasteiger partial charge in [0.25, 0.3) is 0 Å². The molecule has 1 aromatic rings. The van der Waals surface area contributed by atoms with Gasteiger partial charge in [0, 0.05) is 5.69 Å². The Morgan fingerprint density at radius 1 is 1.50 bits per heavy atom. The monoisotopic (exact) mass is 211 g/mol. The van der Waals surface area contributed by atoms with Crippen LogP contribution in [0.1, 0.15) is 24.2 Å². The van der Waals surface area contributed by atoms with Gasteiger partial charge in [-0.2, -0.15) is 0 Å². The van der Waals surface area contributed by atoms with Crippen LogP contribution in [0, 0.1) is 12.8 Å². The van der Waals surface area contributed by atoms with Gasteiger partial charge in [0.05, 0.1) is 18.2 Å². The average Bonchev–Trinajstić information content (AvgIpc) is 2.99. The normalized spacial score (nSPS) is 15.6. The first-order valence-corrected chi connectivity index (χ1v) is 5.48. The topological polar surface area (TPSA) is 22.1 Å². The van der Waals surface area contributed by atoms with Gasteiger partial charge in [-0.3, -0.25) is 4.98 Å². The third-order valence-corrected chi connectivity index (χ3v) is 2.62. The van der Waals surface area contributed by atoms with Gasteiger partial charge in [0.2, 0.25) is 0 Å². The predicted molar refractivity (Wildman–Crippen MR) is 56.8 cm³/mol. The molecule has 1 aliphatic carbocycles. The van der Waals surface area contributed by atoms with E-state index in [9.17, 15) is 0 Å². The van der Waals surface area contributed by atoms with Crippen LogP contribution in [-0.4, -0.2) is 11.6 Å². The second-order valence-corrected chi connectivity index (χ2v) is 4.05. The van der Waals surface area contributed by atoms with Crippen molar-refractivity contribution >= 4 is 11.6 Å². The third kappa shape index (κ3) is 2.38. The maximum absolute atomic E-state index is 5.79. The molecule has 0 atom stereocenters. The summed E-state index contributed by atoms with van der Waals surface area (Å²) >= 11 is 5.79. The molecule has 0 aliphatic heterocycles. The summed E-state index contributed by atoms with van der Waals surface area (Å²) in [4.78, 5) is 4.33. The molecule has 0 aromatic carbocycles. The zero-order valence-corrected chi connectivity index (χ0v) is 9.05. The fourth-order valence-corrected chi connectivity index (χ4v) is 1.51. The second-order valence-electron chi connectivity index (χ2n) is 3.79. The zero-order chi connectivity index (χ0) is 9.97. The van der Waals surface area contributed by atoms with E-state index in [2.05, 4.69) is 4.98 Å². The lowest BCUT2D eigenvalue weighted by atomic mass is 10.3. The molecule has 1 aliphatic rings. The van der Waals surface area contributed by atoms with Gasteiger partial charge in [-0.25, -0.2) is 0 Å². The number of ether oxygens (including phenoxy) is 1. The van der Waals surface area contributed by atoms with Crippen molar-refractivity contribution in [2.24, 2.45) is 5.92 Å². The van der Waals surface area contributed by atoms with Crippen molar-refractivity contribution < 1.29 is 4.74 Å². The maximum Gasteiger partial charge on any atom is 0.142 e. The number of rotatable bonds is 4. The first kappa shape index (κ1) is 9.78. The minimum atomic E-state index is 0.418. The second kappa shape index (κ2) is 4.18. The molecule has 0 spiro atoms. The molecule has 0 N–H and O–H groups in total. The Morgan fingerprint density at radius 2 is 2.29 bits per heavy atom. The van der Waals surface area contributed by atoms with E-state index in [0.29, 0.717) is 5.88 Å². The number of aromatic nitrogens is 1. The van der Waals surface area contributed by atoms with Crippen LogP contribution in [0.4, 0.5) is 0 Å². The van der Waals surface area contributed by atoms with Crippen molar-refractivity contribution in [2.75, 3.05) is 6.61 Å². The van der Waals surface area contributed by atoms with Crippen LogP contribution in [0.3, 0.4) is 0 Å². The van der Waals surface area contributed by atoms with E-state index >= 15 is 0 Å². The Morgan fingerprint density at radius 3 is 2.93 bits per heavy atom. The average molecular weight is 212 g/mol. The lowest BCUT2D eigenvalue weighted by Gasteiger charge is -2.08. The molecule has 0 radical (unpaired) electrons. The highest BCUT2D eigenvalue weighted by molar-refractivity contribution is 6.17. The number of alkyl halides is 1. The van der Waals surface area contributed by atoms with E-state index in [-0.39, 0.29) is 0 Å². The molecule has 0 bridgehead atoms. The molecule has 1 heterocycles. The SMILES string of the molecule is Cc1ccc(OCC2CC2)c(CCl)n1.